The number of rotatable bonds is 9. The van der Waals surface area contributed by atoms with E-state index in [0.29, 0.717) is 34.1 Å². The molecule has 2 N–H and O–H groups in total. The molecule has 3 aromatic rings. The first-order valence-electron chi connectivity index (χ1n) is 11.3. The van der Waals surface area contributed by atoms with Crippen LogP contribution in [0.3, 0.4) is 0 Å². The van der Waals surface area contributed by atoms with Crippen LogP contribution in [0.2, 0.25) is 5.02 Å². The van der Waals surface area contributed by atoms with E-state index in [-0.39, 0.29) is 17.9 Å². The minimum atomic E-state index is -3.82. The Hall–Kier alpha value is -3.12. The fourth-order valence-corrected chi connectivity index (χ4v) is 6.49. The smallest absolute Gasteiger partial charge is 0.264 e. The van der Waals surface area contributed by atoms with Crippen molar-refractivity contribution in [1.29, 1.82) is 0 Å². The molecule has 0 radical (unpaired) electrons. The molecular formula is C25H26ClN3O6S2. The zero-order valence-electron chi connectivity index (χ0n) is 20.1. The maximum atomic E-state index is 13.2. The number of halogens is 1. The highest BCUT2D eigenvalue weighted by molar-refractivity contribution is 7.92. The molecule has 0 unspecified atom stereocenters. The van der Waals surface area contributed by atoms with Crippen LogP contribution in [0.25, 0.3) is 0 Å². The third kappa shape index (κ3) is 6.42. The third-order valence-corrected chi connectivity index (χ3v) is 8.68. The highest BCUT2D eigenvalue weighted by atomic mass is 35.5. The summed E-state index contributed by atoms with van der Waals surface area (Å²) in [6, 6.07) is 17.0. The van der Waals surface area contributed by atoms with Crippen LogP contribution < -0.4 is 19.1 Å². The van der Waals surface area contributed by atoms with Crippen molar-refractivity contribution in [1.82, 2.24) is 4.72 Å². The average molecular weight is 564 g/mol. The third-order valence-electron chi connectivity index (χ3n) is 5.89. The molecule has 9 nitrogen and oxygen atoms in total. The van der Waals surface area contributed by atoms with Gasteiger partial charge in [-0.15, -0.1) is 0 Å². The van der Waals surface area contributed by atoms with Gasteiger partial charge in [-0.1, -0.05) is 29.8 Å². The van der Waals surface area contributed by atoms with Gasteiger partial charge in [0.25, 0.3) is 10.0 Å². The Balaban J connectivity index is 1.54. The van der Waals surface area contributed by atoms with E-state index in [1.54, 1.807) is 42.5 Å². The van der Waals surface area contributed by atoms with Crippen LogP contribution in [-0.4, -0.2) is 42.7 Å². The first-order valence-corrected chi connectivity index (χ1v) is 15.0. The molecule has 3 aromatic carbocycles. The molecule has 0 spiro atoms. The number of carbonyl (C=O) groups excluding carboxylic acids is 1. The summed E-state index contributed by atoms with van der Waals surface area (Å²) in [5, 5.41) is 3.20. The van der Waals surface area contributed by atoms with Gasteiger partial charge in [0, 0.05) is 23.7 Å². The summed E-state index contributed by atoms with van der Waals surface area (Å²) in [6.07, 6.45) is 1.38. The number of amides is 1. The lowest BCUT2D eigenvalue weighted by Gasteiger charge is -2.21. The molecule has 1 heterocycles. The SMILES string of the molecule is COc1ccc([C@H](CC(=O)Nc2ccc3c(c2)N(S(=O)(=O)c2ccc(Cl)cc2)CC3)NS(C)(=O)=O)cc1. The second-order valence-electron chi connectivity index (χ2n) is 8.59. The summed E-state index contributed by atoms with van der Waals surface area (Å²) >= 11 is 5.90. The van der Waals surface area contributed by atoms with Crippen LogP contribution in [0, 0.1) is 0 Å². The van der Waals surface area contributed by atoms with Crippen LogP contribution in [0.5, 0.6) is 5.75 Å². The first kappa shape index (κ1) is 26.9. The predicted molar refractivity (Wildman–Crippen MR) is 143 cm³/mol. The Morgan fingerprint density at radius 2 is 1.70 bits per heavy atom. The Kier molecular flexibility index (Phi) is 7.79. The van der Waals surface area contributed by atoms with E-state index in [1.165, 1.54) is 35.7 Å². The number of fused-ring (bicyclic) bond motifs is 1. The number of methoxy groups -OCH3 is 1. The Labute approximate surface area is 221 Å². The van der Waals surface area contributed by atoms with Crippen molar-refractivity contribution < 1.29 is 26.4 Å². The van der Waals surface area contributed by atoms with Crippen molar-refractivity contribution in [2.24, 2.45) is 0 Å². The van der Waals surface area contributed by atoms with Gasteiger partial charge < -0.3 is 10.1 Å². The van der Waals surface area contributed by atoms with Gasteiger partial charge in [0.05, 0.1) is 30.0 Å². The molecule has 1 aliphatic heterocycles. The van der Waals surface area contributed by atoms with Crippen LogP contribution in [0.4, 0.5) is 11.4 Å². The van der Waals surface area contributed by atoms with Crippen molar-refractivity contribution >= 4 is 48.9 Å². The van der Waals surface area contributed by atoms with E-state index in [4.69, 9.17) is 16.3 Å². The highest BCUT2D eigenvalue weighted by Crippen LogP contribution is 2.35. The van der Waals surface area contributed by atoms with Crippen LogP contribution >= 0.6 is 11.6 Å². The van der Waals surface area contributed by atoms with Crippen molar-refractivity contribution in [3.05, 3.63) is 82.9 Å². The summed E-state index contributed by atoms with van der Waals surface area (Å²) in [5.74, 6) is 0.157. The Morgan fingerprint density at radius 1 is 1.03 bits per heavy atom. The largest absolute Gasteiger partial charge is 0.497 e. The number of ether oxygens (including phenoxy) is 1. The van der Waals surface area contributed by atoms with Gasteiger partial charge in [-0.2, -0.15) is 0 Å². The van der Waals surface area contributed by atoms with Gasteiger partial charge in [0.15, 0.2) is 0 Å². The number of nitrogens with one attached hydrogen (secondary N) is 2. The number of nitrogens with zero attached hydrogens (tertiary/aromatic N) is 1. The molecule has 4 rings (SSSR count). The molecule has 0 saturated carbocycles. The lowest BCUT2D eigenvalue weighted by Crippen LogP contribution is -2.31. The van der Waals surface area contributed by atoms with E-state index in [2.05, 4.69) is 10.0 Å². The zero-order valence-corrected chi connectivity index (χ0v) is 22.5. The van der Waals surface area contributed by atoms with Crippen molar-refractivity contribution in [3.8, 4) is 5.75 Å². The summed E-state index contributed by atoms with van der Waals surface area (Å²) in [5.41, 5.74) is 2.31. The number of hydrogen-bond donors (Lipinski definition) is 2. The molecule has 0 aliphatic carbocycles. The maximum absolute atomic E-state index is 13.2. The maximum Gasteiger partial charge on any atom is 0.264 e. The molecule has 1 atom stereocenters. The van der Waals surface area contributed by atoms with E-state index in [0.717, 1.165) is 11.8 Å². The number of sulfonamides is 2. The van der Waals surface area contributed by atoms with E-state index < -0.39 is 32.0 Å². The fraction of sp³-hybridized carbons (Fsp3) is 0.240. The first-order chi connectivity index (χ1) is 17.5. The van der Waals surface area contributed by atoms with Gasteiger partial charge in [0.2, 0.25) is 15.9 Å². The minimum absolute atomic E-state index is 0.119. The molecule has 0 saturated heterocycles. The second-order valence-corrected chi connectivity index (χ2v) is 12.7. The Bertz CT molecular complexity index is 1510. The number of carbonyl (C=O) groups is 1. The fourth-order valence-electron chi connectivity index (χ4n) is 4.13. The van der Waals surface area contributed by atoms with E-state index >= 15 is 0 Å². The van der Waals surface area contributed by atoms with Crippen LogP contribution in [0.15, 0.2) is 71.6 Å². The molecular weight excluding hydrogens is 538 g/mol. The molecule has 1 aliphatic rings. The highest BCUT2D eigenvalue weighted by Gasteiger charge is 2.31. The summed E-state index contributed by atoms with van der Waals surface area (Å²) in [7, 11) is -5.91. The topological polar surface area (TPSA) is 122 Å². The van der Waals surface area contributed by atoms with E-state index in [9.17, 15) is 21.6 Å². The number of benzene rings is 3. The van der Waals surface area contributed by atoms with Crippen molar-refractivity contribution in [2.75, 3.05) is 29.5 Å². The van der Waals surface area contributed by atoms with Crippen molar-refractivity contribution in [3.63, 3.8) is 0 Å². The quantitative estimate of drug-likeness (QED) is 0.409. The standard InChI is InChI=1S/C25H26ClN3O6S2/c1-35-21-9-4-17(5-10-21)23(28-36(2,31)32)16-25(30)27-20-8-3-18-13-14-29(24(18)15-20)37(33,34)22-11-6-19(26)7-12-22/h3-12,15,23,28H,13-14,16H2,1-2H3,(H,27,30)/t23-/m0/s1. The predicted octanol–water partition coefficient (Wildman–Crippen LogP) is 3.72. The normalized spacial score (nSPS) is 14.2. The van der Waals surface area contributed by atoms with Gasteiger partial charge in [0.1, 0.15) is 5.75 Å². The number of hydrogen-bond acceptors (Lipinski definition) is 6. The molecule has 0 bridgehead atoms. The summed E-state index contributed by atoms with van der Waals surface area (Å²) in [4.78, 5) is 13.0. The average Bonchev–Trinajstić information content (AvgIpc) is 3.27. The summed E-state index contributed by atoms with van der Waals surface area (Å²) in [6.45, 7) is 0.273. The van der Waals surface area contributed by atoms with Gasteiger partial charge in [-0.05, 0) is 66.1 Å². The van der Waals surface area contributed by atoms with Gasteiger partial charge >= 0.3 is 0 Å². The van der Waals surface area contributed by atoms with Crippen LogP contribution in [-0.2, 0) is 31.3 Å². The molecule has 1 amide bonds. The van der Waals surface area contributed by atoms with Crippen molar-refractivity contribution in [2.45, 2.75) is 23.8 Å². The molecule has 12 heteroatoms. The molecule has 196 valence electrons. The molecule has 37 heavy (non-hydrogen) atoms. The zero-order chi connectivity index (χ0) is 26.8. The number of anilines is 2. The minimum Gasteiger partial charge on any atom is -0.497 e. The second kappa shape index (κ2) is 10.7. The lowest BCUT2D eigenvalue weighted by atomic mass is 10.0. The lowest BCUT2D eigenvalue weighted by molar-refractivity contribution is -0.116. The van der Waals surface area contributed by atoms with Gasteiger partial charge in [-0.25, -0.2) is 21.6 Å². The van der Waals surface area contributed by atoms with Gasteiger partial charge in [-0.3, -0.25) is 9.10 Å². The van der Waals surface area contributed by atoms with Crippen LogP contribution in [0.1, 0.15) is 23.6 Å². The Morgan fingerprint density at radius 3 is 2.32 bits per heavy atom. The monoisotopic (exact) mass is 563 g/mol. The summed E-state index contributed by atoms with van der Waals surface area (Å²) < 4.78 is 59.3. The molecule has 0 aromatic heterocycles. The molecule has 0 fully saturated rings. The van der Waals surface area contributed by atoms with E-state index in [1.807, 2.05) is 0 Å².